The van der Waals surface area contributed by atoms with Gasteiger partial charge in [-0.05, 0) is 25.7 Å². The van der Waals surface area contributed by atoms with Crippen molar-refractivity contribution in [1.82, 2.24) is 10.6 Å². The van der Waals surface area contributed by atoms with Crippen LogP contribution in [-0.2, 0) is 9.59 Å². The normalized spacial score (nSPS) is 18.1. The van der Waals surface area contributed by atoms with Crippen molar-refractivity contribution < 1.29 is 9.59 Å². The van der Waals surface area contributed by atoms with Crippen molar-refractivity contribution in [2.45, 2.75) is 180 Å². The quantitative estimate of drug-likeness (QED) is 0.154. The summed E-state index contributed by atoms with van der Waals surface area (Å²) in [6.07, 6.45) is 28.4. The van der Waals surface area contributed by atoms with E-state index in [1.807, 2.05) is 0 Å². The molecule has 2 atom stereocenters. The predicted molar refractivity (Wildman–Crippen MR) is 146 cm³/mol. The van der Waals surface area contributed by atoms with E-state index in [9.17, 15) is 9.59 Å². The summed E-state index contributed by atoms with van der Waals surface area (Å²) in [6, 6.07) is 0.235. The van der Waals surface area contributed by atoms with Crippen LogP contribution in [0.2, 0.25) is 0 Å². The van der Waals surface area contributed by atoms with Crippen LogP contribution in [0.25, 0.3) is 0 Å². The van der Waals surface area contributed by atoms with Gasteiger partial charge in [-0.2, -0.15) is 0 Å². The lowest BCUT2D eigenvalue weighted by atomic mass is 9.90. The molecule has 1 aliphatic carbocycles. The zero-order valence-electron chi connectivity index (χ0n) is 22.9. The Balaban J connectivity index is 2.10. The van der Waals surface area contributed by atoms with Crippen molar-refractivity contribution in [3.05, 3.63) is 0 Å². The molecule has 0 spiro atoms. The fraction of sp³-hybridized carbons (Fsp3) is 0.933. The van der Waals surface area contributed by atoms with Gasteiger partial charge in [-0.25, -0.2) is 0 Å². The Morgan fingerprint density at radius 3 is 1.12 bits per heavy atom. The van der Waals surface area contributed by atoms with E-state index in [1.165, 1.54) is 89.9 Å². The molecule has 2 amide bonds. The second kappa shape index (κ2) is 22.4. The highest BCUT2D eigenvalue weighted by molar-refractivity contribution is 5.77. The van der Waals surface area contributed by atoms with Crippen molar-refractivity contribution in [1.29, 1.82) is 0 Å². The fourth-order valence-corrected chi connectivity index (χ4v) is 5.23. The van der Waals surface area contributed by atoms with Crippen LogP contribution in [0.1, 0.15) is 168 Å². The smallest absolute Gasteiger partial charge is 0.220 e. The number of carbonyl (C=O) groups is 2. The van der Waals surface area contributed by atoms with Crippen LogP contribution in [-0.4, -0.2) is 23.9 Å². The third-order valence-corrected chi connectivity index (χ3v) is 7.47. The van der Waals surface area contributed by atoms with E-state index in [1.54, 1.807) is 0 Å². The predicted octanol–water partition coefficient (Wildman–Crippen LogP) is 8.37. The van der Waals surface area contributed by atoms with Gasteiger partial charge in [-0.1, -0.05) is 129 Å². The Morgan fingerprint density at radius 1 is 0.500 bits per heavy atom. The van der Waals surface area contributed by atoms with Crippen LogP contribution >= 0.6 is 0 Å². The lowest BCUT2D eigenvalue weighted by molar-refractivity contribution is -0.125. The molecule has 0 aromatic rings. The van der Waals surface area contributed by atoms with Crippen molar-refractivity contribution >= 4 is 11.8 Å². The first-order valence-electron chi connectivity index (χ1n) is 15.3. The molecule has 0 heterocycles. The molecule has 2 unspecified atom stereocenters. The highest BCUT2D eigenvalue weighted by atomic mass is 16.2. The Kier molecular flexibility index (Phi) is 20.4. The summed E-state index contributed by atoms with van der Waals surface area (Å²) < 4.78 is 0. The molecular formula is C30H58N2O2. The van der Waals surface area contributed by atoms with E-state index in [-0.39, 0.29) is 23.9 Å². The van der Waals surface area contributed by atoms with Gasteiger partial charge < -0.3 is 10.6 Å². The maximum atomic E-state index is 12.5. The molecule has 0 aromatic carbocycles. The SMILES string of the molecule is CCCCCCCCCCCC(=O)NC1CCCCC1NC(=O)CCCCCCCCCCC. The largest absolute Gasteiger partial charge is 0.351 e. The molecule has 34 heavy (non-hydrogen) atoms. The zero-order valence-corrected chi connectivity index (χ0v) is 22.9. The molecule has 2 N–H and O–H groups in total. The third-order valence-electron chi connectivity index (χ3n) is 7.47. The second-order valence-electron chi connectivity index (χ2n) is 10.8. The molecule has 1 rings (SSSR count). The molecule has 4 heteroatoms. The van der Waals surface area contributed by atoms with Crippen LogP contribution in [0.15, 0.2) is 0 Å². The highest BCUT2D eigenvalue weighted by Crippen LogP contribution is 2.20. The number of hydrogen-bond donors (Lipinski definition) is 2. The van der Waals surface area contributed by atoms with Gasteiger partial charge in [0.1, 0.15) is 0 Å². The summed E-state index contributed by atoms with van der Waals surface area (Å²) in [5, 5.41) is 6.50. The first-order chi connectivity index (χ1) is 16.7. The summed E-state index contributed by atoms with van der Waals surface area (Å²) in [5.74, 6) is 0.348. The van der Waals surface area contributed by atoms with Crippen molar-refractivity contribution in [3.8, 4) is 0 Å². The van der Waals surface area contributed by atoms with E-state index in [2.05, 4.69) is 24.5 Å². The average molecular weight is 479 g/mol. The van der Waals surface area contributed by atoms with E-state index < -0.39 is 0 Å². The molecule has 0 radical (unpaired) electrons. The lowest BCUT2D eigenvalue weighted by Crippen LogP contribution is -2.53. The summed E-state index contributed by atoms with van der Waals surface area (Å²) in [4.78, 5) is 25.0. The third kappa shape index (κ3) is 17.4. The van der Waals surface area contributed by atoms with Crippen LogP contribution < -0.4 is 10.6 Å². The summed E-state index contributed by atoms with van der Waals surface area (Å²) in [6.45, 7) is 4.51. The van der Waals surface area contributed by atoms with E-state index in [4.69, 9.17) is 0 Å². The fourth-order valence-electron chi connectivity index (χ4n) is 5.23. The topological polar surface area (TPSA) is 58.2 Å². The van der Waals surface area contributed by atoms with E-state index in [0.717, 1.165) is 51.4 Å². The maximum Gasteiger partial charge on any atom is 0.220 e. The molecule has 200 valence electrons. The average Bonchev–Trinajstić information content (AvgIpc) is 2.83. The first-order valence-corrected chi connectivity index (χ1v) is 15.3. The van der Waals surface area contributed by atoms with Crippen LogP contribution in [0.5, 0.6) is 0 Å². The minimum Gasteiger partial charge on any atom is -0.351 e. The Labute approximate surface area is 212 Å². The summed E-state index contributed by atoms with van der Waals surface area (Å²) in [5.41, 5.74) is 0. The number of carbonyl (C=O) groups excluding carboxylic acids is 2. The standard InChI is InChI=1S/C30H58N2O2/c1-3-5-7-9-11-13-15-17-19-25-29(33)31-27-23-21-22-24-28(27)32-30(34)26-20-18-16-14-12-10-8-6-4-2/h27-28H,3-26H2,1-2H3,(H,31,33)(H,32,34). The van der Waals surface area contributed by atoms with E-state index in [0.29, 0.717) is 12.8 Å². The van der Waals surface area contributed by atoms with Crippen LogP contribution in [0, 0.1) is 0 Å². The van der Waals surface area contributed by atoms with Gasteiger partial charge >= 0.3 is 0 Å². The maximum absolute atomic E-state index is 12.5. The Morgan fingerprint density at radius 2 is 0.794 bits per heavy atom. The number of amides is 2. The molecule has 0 aliphatic heterocycles. The zero-order chi connectivity index (χ0) is 24.7. The molecule has 1 fully saturated rings. The van der Waals surface area contributed by atoms with Gasteiger partial charge in [0, 0.05) is 24.9 Å². The Hall–Kier alpha value is -1.06. The van der Waals surface area contributed by atoms with Gasteiger partial charge in [-0.3, -0.25) is 9.59 Å². The molecule has 4 nitrogen and oxygen atoms in total. The first kappa shape index (κ1) is 31.0. The van der Waals surface area contributed by atoms with Gasteiger partial charge in [0.05, 0.1) is 0 Å². The molecule has 1 saturated carbocycles. The molecule has 0 saturated heterocycles. The van der Waals surface area contributed by atoms with Crippen molar-refractivity contribution in [2.24, 2.45) is 0 Å². The van der Waals surface area contributed by atoms with Gasteiger partial charge in [0.25, 0.3) is 0 Å². The lowest BCUT2D eigenvalue weighted by Gasteiger charge is -2.33. The molecule has 1 aliphatic rings. The van der Waals surface area contributed by atoms with Crippen LogP contribution in [0.3, 0.4) is 0 Å². The van der Waals surface area contributed by atoms with Crippen molar-refractivity contribution in [2.75, 3.05) is 0 Å². The molecular weight excluding hydrogens is 420 g/mol. The van der Waals surface area contributed by atoms with Gasteiger partial charge in [0.2, 0.25) is 11.8 Å². The minimum absolute atomic E-state index is 0.117. The molecule has 0 bridgehead atoms. The van der Waals surface area contributed by atoms with Gasteiger partial charge in [0.15, 0.2) is 0 Å². The number of unbranched alkanes of at least 4 members (excludes halogenated alkanes) is 16. The molecule has 0 aromatic heterocycles. The minimum atomic E-state index is 0.117. The van der Waals surface area contributed by atoms with Crippen LogP contribution in [0.4, 0.5) is 0 Å². The number of nitrogens with one attached hydrogen (secondary N) is 2. The summed E-state index contributed by atoms with van der Waals surface area (Å²) in [7, 11) is 0. The second-order valence-corrected chi connectivity index (χ2v) is 10.8. The number of hydrogen-bond acceptors (Lipinski definition) is 2. The monoisotopic (exact) mass is 478 g/mol. The highest BCUT2D eigenvalue weighted by Gasteiger charge is 2.27. The summed E-state index contributed by atoms with van der Waals surface area (Å²) >= 11 is 0. The number of rotatable bonds is 22. The van der Waals surface area contributed by atoms with Gasteiger partial charge in [-0.15, -0.1) is 0 Å². The van der Waals surface area contributed by atoms with Crippen molar-refractivity contribution in [3.63, 3.8) is 0 Å². The Bertz CT molecular complexity index is 450. The van der Waals surface area contributed by atoms with E-state index >= 15 is 0 Å².